The van der Waals surface area contributed by atoms with E-state index in [0.717, 1.165) is 4.68 Å². The SMILES string of the molecule is Nc1nn2/c(=N/[N+](=O)[O-])nnc-2nn1O.O. The molecular weight excluding hydrogens is 226 g/mol. The van der Waals surface area contributed by atoms with E-state index in [2.05, 4.69) is 25.5 Å². The van der Waals surface area contributed by atoms with E-state index in [1.807, 2.05) is 0 Å². The number of fused-ring (bicyclic) bond motifs is 1. The lowest BCUT2D eigenvalue weighted by molar-refractivity contribution is -0.491. The second kappa shape index (κ2) is 3.73. The predicted molar refractivity (Wildman–Crippen MR) is 43.9 cm³/mol. The molecule has 0 aliphatic carbocycles. The molecule has 0 saturated heterocycles. The summed E-state index contributed by atoms with van der Waals surface area (Å²) in [6.45, 7) is 0. The summed E-state index contributed by atoms with van der Waals surface area (Å²) < 4.78 is 0.824. The van der Waals surface area contributed by atoms with Crippen LogP contribution in [0.5, 0.6) is 0 Å². The van der Waals surface area contributed by atoms with Crippen molar-refractivity contribution in [3.05, 3.63) is 15.7 Å². The van der Waals surface area contributed by atoms with Crippen LogP contribution in [0.15, 0.2) is 5.10 Å². The Balaban J connectivity index is 0.00000128. The zero-order chi connectivity index (χ0) is 11.0. The number of nitro groups is 1. The molecule has 0 unspecified atom stereocenters. The molecule has 2 aliphatic rings. The molecule has 0 atom stereocenters. The highest BCUT2D eigenvalue weighted by Gasteiger charge is 2.15. The van der Waals surface area contributed by atoms with Crippen molar-refractivity contribution in [3.63, 3.8) is 0 Å². The monoisotopic (exact) mass is 231 g/mol. The third kappa shape index (κ3) is 1.69. The molecule has 13 nitrogen and oxygen atoms in total. The van der Waals surface area contributed by atoms with Crippen molar-refractivity contribution in [2.24, 2.45) is 5.10 Å². The summed E-state index contributed by atoms with van der Waals surface area (Å²) in [6, 6.07) is 0. The molecule has 2 rings (SSSR count). The van der Waals surface area contributed by atoms with Crippen LogP contribution in [0.4, 0.5) is 5.95 Å². The molecule has 2 heterocycles. The minimum absolute atomic E-state index is 0. The maximum Gasteiger partial charge on any atom is 0.344 e. The molecule has 5 N–H and O–H groups in total. The molecule has 13 heteroatoms. The molecule has 0 spiro atoms. The maximum absolute atomic E-state index is 10.1. The van der Waals surface area contributed by atoms with E-state index < -0.39 is 10.7 Å². The lowest BCUT2D eigenvalue weighted by Gasteiger charge is -2.01. The van der Waals surface area contributed by atoms with Crippen molar-refractivity contribution in [2.75, 3.05) is 5.73 Å². The molecule has 0 fully saturated rings. The van der Waals surface area contributed by atoms with Crippen molar-refractivity contribution >= 4 is 5.95 Å². The van der Waals surface area contributed by atoms with Gasteiger partial charge in [0.15, 0.2) is 5.03 Å². The fraction of sp³-hybridized carbons (Fsp3) is 0. The van der Waals surface area contributed by atoms with Crippen LogP contribution in [0.25, 0.3) is 5.95 Å². The molecular formula is C3H5N9O4. The standard InChI is InChI=1S/C3H3N9O3.H2O/c4-1-7-10-2(8-11(1)13)5-6-3(10)9-12(14)15;/h13H,(H2,4,7);1H2/b9-3+;. The Kier molecular flexibility index (Phi) is 2.62. The Morgan fingerprint density at radius 3 is 2.75 bits per heavy atom. The van der Waals surface area contributed by atoms with Crippen LogP contribution in [0.3, 0.4) is 0 Å². The molecule has 16 heavy (non-hydrogen) atoms. The van der Waals surface area contributed by atoms with Crippen LogP contribution < -0.4 is 11.4 Å². The first kappa shape index (κ1) is 11.2. The molecule has 2 aliphatic heterocycles. The number of anilines is 1. The van der Waals surface area contributed by atoms with E-state index in [4.69, 9.17) is 10.9 Å². The van der Waals surface area contributed by atoms with Crippen molar-refractivity contribution < 1.29 is 15.7 Å². The number of aromatic nitrogens is 6. The third-order valence-corrected chi connectivity index (χ3v) is 1.37. The zero-order valence-corrected chi connectivity index (χ0v) is 7.42. The highest BCUT2D eigenvalue weighted by atomic mass is 16.7. The van der Waals surface area contributed by atoms with Gasteiger partial charge in [-0.2, -0.15) is 0 Å². The summed E-state index contributed by atoms with van der Waals surface area (Å²) in [5, 5.41) is 34.6. The van der Waals surface area contributed by atoms with E-state index in [1.165, 1.54) is 0 Å². The number of hydrogen-bond acceptors (Lipinski definition) is 8. The second-order valence-electron chi connectivity index (χ2n) is 2.30. The van der Waals surface area contributed by atoms with Gasteiger partial charge in [-0.15, -0.1) is 14.9 Å². The Labute approximate surface area is 85.2 Å². The molecule has 0 bridgehead atoms. The van der Waals surface area contributed by atoms with Gasteiger partial charge in [0.1, 0.15) is 5.10 Å². The first-order chi connectivity index (χ1) is 7.08. The molecule has 86 valence electrons. The highest BCUT2D eigenvalue weighted by Crippen LogP contribution is 1.96. The highest BCUT2D eigenvalue weighted by molar-refractivity contribution is 5.14. The largest absolute Gasteiger partial charge is 0.412 e. The van der Waals surface area contributed by atoms with Gasteiger partial charge >= 0.3 is 5.62 Å². The predicted octanol–water partition coefficient (Wildman–Crippen LogP) is -3.62. The average molecular weight is 231 g/mol. The van der Waals surface area contributed by atoms with Crippen LogP contribution >= 0.6 is 0 Å². The fourth-order valence-electron chi connectivity index (χ4n) is 0.829. The minimum Gasteiger partial charge on any atom is -0.412 e. The van der Waals surface area contributed by atoms with Crippen LogP contribution in [0, 0.1) is 10.1 Å². The van der Waals surface area contributed by atoms with Crippen LogP contribution in [0.2, 0.25) is 0 Å². The molecule has 0 amide bonds. The smallest absolute Gasteiger partial charge is 0.344 e. The van der Waals surface area contributed by atoms with Gasteiger partial charge in [-0.3, -0.25) is 0 Å². The van der Waals surface area contributed by atoms with E-state index >= 15 is 0 Å². The van der Waals surface area contributed by atoms with Gasteiger partial charge in [0.25, 0.3) is 11.9 Å². The normalized spacial score (nSPS) is 11.4. The Morgan fingerprint density at radius 1 is 1.44 bits per heavy atom. The Hall–Kier alpha value is -2.83. The van der Waals surface area contributed by atoms with Gasteiger partial charge in [0.2, 0.25) is 0 Å². The summed E-state index contributed by atoms with van der Waals surface area (Å²) >= 11 is 0. The van der Waals surface area contributed by atoms with Gasteiger partial charge in [-0.05, 0) is 0 Å². The van der Waals surface area contributed by atoms with Gasteiger partial charge in [-0.1, -0.05) is 15.0 Å². The Morgan fingerprint density at radius 2 is 2.12 bits per heavy atom. The number of hydrogen-bond donors (Lipinski definition) is 2. The fourth-order valence-corrected chi connectivity index (χ4v) is 0.829. The van der Waals surface area contributed by atoms with Gasteiger partial charge in [0.05, 0.1) is 0 Å². The molecule has 0 aromatic heterocycles. The van der Waals surface area contributed by atoms with Crippen LogP contribution in [-0.4, -0.2) is 45.6 Å². The lowest BCUT2D eigenvalue weighted by atomic mass is 10.9. The van der Waals surface area contributed by atoms with Crippen molar-refractivity contribution in [2.45, 2.75) is 0 Å². The molecule has 0 aromatic rings. The topological polar surface area (TPSA) is 195 Å². The minimum atomic E-state index is -0.964. The Bertz CT molecular complexity index is 555. The quantitative estimate of drug-likeness (QED) is 0.285. The summed E-state index contributed by atoms with van der Waals surface area (Å²) in [5.74, 6) is -0.561. The summed E-state index contributed by atoms with van der Waals surface area (Å²) in [5.41, 5.74) is 4.80. The number of nitrogens with zero attached hydrogens (tertiary/aromatic N) is 8. The van der Waals surface area contributed by atoms with Crippen molar-refractivity contribution in [1.29, 1.82) is 0 Å². The lowest BCUT2D eigenvalue weighted by Crippen LogP contribution is -2.25. The molecule has 0 radical (unpaired) electrons. The third-order valence-electron chi connectivity index (χ3n) is 1.37. The van der Waals surface area contributed by atoms with E-state index in [-0.39, 0.29) is 22.2 Å². The van der Waals surface area contributed by atoms with Crippen LogP contribution in [-0.2, 0) is 0 Å². The van der Waals surface area contributed by atoms with Gasteiger partial charge in [0, 0.05) is 0 Å². The van der Waals surface area contributed by atoms with E-state index in [0.29, 0.717) is 0 Å². The first-order valence-corrected chi connectivity index (χ1v) is 3.44. The maximum atomic E-state index is 10.1. The summed E-state index contributed by atoms with van der Waals surface area (Å²) in [4.78, 5) is 10.3. The number of nitrogens with two attached hydrogens (primary N) is 1. The van der Waals surface area contributed by atoms with E-state index in [9.17, 15) is 10.1 Å². The van der Waals surface area contributed by atoms with Gasteiger partial charge < -0.3 is 16.4 Å². The first-order valence-electron chi connectivity index (χ1n) is 3.44. The molecule has 0 aromatic carbocycles. The summed E-state index contributed by atoms with van der Waals surface area (Å²) in [6.07, 6.45) is 0. The second-order valence-corrected chi connectivity index (χ2v) is 2.30. The number of nitrogen functional groups attached to an aromatic ring is 1. The number of rotatable bonds is 1. The zero-order valence-electron chi connectivity index (χ0n) is 7.42. The van der Waals surface area contributed by atoms with E-state index in [1.54, 1.807) is 0 Å². The van der Waals surface area contributed by atoms with Gasteiger partial charge in [-0.25, -0.2) is 10.1 Å². The average Bonchev–Trinajstić information content (AvgIpc) is 2.49. The van der Waals surface area contributed by atoms with Crippen molar-refractivity contribution in [1.82, 2.24) is 29.9 Å². The molecule has 0 saturated carbocycles. The summed E-state index contributed by atoms with van der Waals surface area (Å²) in [7, 11) is 0. The van der Waals surface area contributed by atoms with Crippen molar-refractivity contribution in [3.8, 4) is 5.95 Å². The van der Waals surface area contributed by atoms with Crippen LogP contribution in [0.1, 0.15) is 0 Å².